The molecule has 0 atom stereocenters. The number of hydrogen-bond donors (Lipinski definition) is 0. The first kappa shape index (κ1) is 20.8. The molecule has 0 aliphatic rings. The molecule has 0 fully saturated rings. The summed E-state index contributed by atoms with van der Waals surface area (Å²) in [6, 6.07) is 0. The Morgan fingerprint density at radius 1 is 0.762 bits per heavy atom. The number of rotatable bonds is 16. The van der Waals surface area contributed by atoms with Crippen molar-refractivity contribution in [2.75, 3.05) is 18.1 Å². The van der Waals surface area contributed by atoms with Crippen molar-refractivity contribution >= 4 is 17.7 Å². The van der Waals surface area contributed by atoms with E-state index in [1.807, 2.05) is 11.8 Å². The molecule has 2 nitrogen and oxygen atoms in total. The van der Waals surface area contributed by atoms with Crippen molar-refractivity contribution in [1.29, 1.82) is 0 Å². The molecule has 0 aromatic heterocycles. The Balaban J connectivity index is 3.09. The van der Waals surface area contributed by atoms with E-state index in [4.69, 9.17) is 4.74 Å². The molecule has 0 bridgehead atoms. The first-order valence-corrected chi connectivity index (χ1v) is 10.2. The molecule has 0 saturated heterocycles. The average Bonchev–Trinajstić information content (AvgIpc) is 2.49. The van der Waals surface area contributed by atoms with Crippen LogP contribution in [0, 0.1) is 0 Å². The van der Waals surface area contributed by atoms with E-state index in [2.05, 4.69) is 13.8 Å². The van der Waals surface area contributed by atoms with Crippen LogP contribution in [0.25, 0.3) is 0 Å². The van der Waals surface area contributed by atoms with Gasteiger partial charge >= 0.3 is 5.97 Å². The van der Waals surface area contributed by atoms with Crippen LogP contribution in [0.2, 0.25) is 0 Å². The van der Waals surface area contributed by atoms with E-state index in [0.717, 1.165) is 17.9 Å². The number of hydrogen-bond acceptors (Lipinski definition) is 3. The van der Waals surface area contributed by atoms with Crippen molar-refractivity contribution in [2.45, 2.75) is 90.9 Å². The molecule has 0 radical (unpaired) electrons. The van der Waals surface area contributed by atoms with Gasteiger partial charge in [-0.25, -0.2) is 0 Å². The lowest BCUT2D eigenvalue weighted by atomic mass is 10.1. The van der Waals surface area contributed by atoms with Crippen molar-refractivity contribution < 1.29 is 9.53 Å². The van der Waals surface area contributed by atoms with Crippen LogP contribution in [0.3, 0.4) is 0 Å². The second kappa shape index (κ2) is 17.9. The van der Waals surface area contributed by atoms with Gasteiger partial charge in [-0.3, -0.25) is 4.79 Å². The van der Waals surface area contributed by atoms with Gasteiger partial charge in [0.15, 0.2) is 0 Å². The number of carbonyl (C=O) groups excluding carboxylic acids is 1. The normalized spacial score (nSPS) is 10.8. The second-order valence-corrected chi connectivity index (χ2v) is 6.99. The number of ether oxygens (including phenoxy) is 1. The summed E-state index contributed by atoms with van der Waals surface area (Å²) < 4.78 is 5.24. The summed E-state index contributed by atoms with van der Waals surface area (Å²) in [7, 11) is 0. The third-order valence-corrected chi connectivity index (χ3v) is 4.75. The van der Waals surface area contributed by atoms with E-state index in [9.17, 15) is 4.79 Å². The largest absolute Gasteiger partial charge is 0.466 e. The molecule has 21 heavy (non-hydrogen) atoms. The van der Waals surface area contributed by atoms with Gasteiger partial charge in [0, 0.05) is 5.75 Å². The first-order chi connectivity index (χ1) is 10.3. The summed E-state index contributed by atoms with van der Waals surface area (Å²) in [6.45, 7) is 5.04. The molecule has 0 aliphatic heterocycles. The van der Waals surface area contributed by atoms with Crippen LogP contribution in [0.15, 0.2) is 0 Å². The zero-order valence-corrected chi connectivity index (χ0v) is 15.1. The van der Waals surface area contributed by atoms with E-state index in [1.54, 1.807) is 0 Å². The topological polar surface area (TPSA) is 26.3 Å². The highest BCUT2D eigenvalue weighted by atomic mass is 32.2. The number of unbranched alkanes of at least 4 members (excludes halogenated alkanes) is 9. The lowest BCUT2D eigenvalue weighted by Crippen LogP contribution is -2.07. The highest BCUT2D eigenvalue weighted by Gasteiger charge is 2.02. The fourth-order valence-electron chi connectivity index (χ4n) is 2.25. The summed E-state index contributed by atoms with van der Waals surface area (Å²) in [5.41, 5.74) is 0. The third-order valence-electron chi connectivity index (χ3n) is 3.56. The fourth-order valence-corrected chi connectivity index (χ4v) is 3.05. The van der Waals surface area contributed by atoms with E-state index >= 15 is 0 Å². The Morgan fingerprint density at radius 3 is 1.90 bits per heavy atom. The van der Waals surface area contributed by atoms with E-state index in [0.29, 0.717) is 13.0 Å². The minimum absolute atomic E-state index is 0.0190. The summed E-state index contributed by atoms with van der Waals surface area (Å²) in [5.74, 6) is 2.03. The molecule has 0 aromatic carbocycles. The molecule has 0 unspecified atom stereocenters. The quantitative estimate of drug-likeness (QED) is 0.259. The van der Waals surface area contributed by atoms with Crippen molar-refractivity contribution in [2.24, 2.45) is 0 Å². The average molecular weight is 317 g/mol. The maximum atomic E-state index is 11.4. The Labute approximate surface area is 136 Å². The van der Waals surface area contributed by atoms with Gasteiger partial charge < -0.3 is 4.74 Å². The summed E-state index contributed by atoms with van der Waals surface area (Å²) in [4.78, 5) is 11.4. The molecular formula is C18H36O2S. The van der Waals surface area contributed by atoms with Crippen LogP contribution in [0.1, 0.15) is 90.9 Å². The van der Waals surface area contributed by atoms with Crippen LogP contribution in [-0.4, -0.2) is 24.1 Å². The molecule has 126 valence electrons. The van der Waals surface area contributed by atoms with Crippen LogP contribution in [-0.2, 0) is 9.53 Å². The molecule has 0 N–H and O–H groups in total. The SMILES string of the molecule is CCCCCCCCCCCCOC(=O)CCSCCC. The van der Waals surface area contributed by atoms with Gasteiger partial charge in [0.1, 0.15) is 0 Å². The van der Waals surface area contributed by atoms with Gasteiger partial charge in [-0.05, 0) is 18.6 Å². The summed E-state index contributed by atoms with van der Waals surface area (Å²) >= 11 is 1.84. The lowest BCUT2D eigenvalue weighted by molar-refractivity contribution is -0.143. The Kier molecular flexibility index (Phi) is 17.7. The molecule has 3 heteroatoms. The third kappa shape index (κ3) is 17.8. The van der Waals surface area contributed by atoms with Gasteiger partial charge in [-0.15, -0.1) is 0 Å². The van der Waals surface area contributed by atoms with E-state index in [1.165, 1.54) is 64.2 Å². The van der Waals surface area contributed by atoms with Gasteiger partial charge in [0.05, 0.1) is 13.0 Å². The van der Waals surface area contributed by atoms with Crippen molar-refractivity contribution in [1.82, 2.24) is 0 Å². The van der Waals surface area contributed by atoms with E-state index < -0.39 is 0 Å². The van der Waals surface area contributed by atoms with Crippen LogP contribution in [0.4, 0.5) is 0 Å². The zero-order chi connectivity index (χ0) is 15.6. The van der Waals surface area contributed by atoms with Crippen LogP contribution < -0.4 is 0 Å². The maximum absolute atomic E-state index is 11.4. The Hall–Kier alpha value is -0.180. The van der Waals surface area contributed by atoms with E-state index in [-0.39, 0.29) is 5.97 Å². The number of thioether (sulfide) groups is 1. The predicted molar refractivity (Wildman–Crippen MR) is 95.0 cm³/mol. The zero-order valence-electron chi connectivity index (χ0n) is 14.3. The van der Waals surface area contributed by atoms with Gasteiger partial charge in [0.25, 0.3) is 0 Å². The minimum atomic E-state index is -0.0190. The minimum Gasteiger partial charge on any atom is -0.466 e. The second-order valence-electron chi connectivity index (χ2n) is 5.76. The summed E-state index contributed by atoms with van der Waals surface area (Å²) in [6.07, 6.45) is 14.9. The fraction of sp³-hybridized carbons (Fsp3) is 0.944. The molecule has 0 spiro atoms. The van der Waals surface area contributed by atoms with Crippen molar-refractivity contribution in [3.8, 4) is 0 Å². The maximum Gasteiger partial charge on any atom is 0.306 e. The molecule has 0 aliphatic carbocycles. The number of esters is 1. The van der Waals surface area contributed by atoms with Crippen molar-refractivity contribution in [3.63, 3.8) is 0 Å². The molecule has 0 heterocycles. The standard InChI is InChI=1S/C18H36O2S/c1-3-5-6-7-8-9-10-11-12-13-15-20-18(19)14-17-21-16-4-2/h3-17H2,1-2H3. The van der Waals surface area contributed by atoms with Gasteiger partial charge in [-0.1, -0.05) is 71.6 Å². The number of carbonyl (C=O) groups is 1. The Morgan fingerprint density at radius 2 is 1.33 bits per heavy atom. The predicted octanol–water partition coefficient (Wildman–Crippen LogP) is 5.98. The molecule has 0 aromatic rings. The van der Waals surface area contributed by atoms with Crippen LogP contribution in [0.5, 0.6) is 0 Å². The Bertz CT molecular complexity index is 219. The molecule has 0 saturated carbocycles. The van der Waals surface area contributed by atoms with Crippen LogP contribution >= 0.6 is 11.8 Å². The highest BCUT2D eigenvalue weighted by Crippen LogP contribution is 2.10. The first-order valence-electron chi connectivity index (χ1n) is 9.04. The molecular weight excluding hydrogens is 280 g/mol. The highest BCUT2D eigenvalue weighted by molar-refractivity contribution is 7.99. The van der Waals surface area contributed by atoms with Gasteiger partial charge in [-0.2, -0.15) is 11.8 Å². The van der Waals surface area contributed by atoms with Gasteiger partial charge in [0.2, 0.25) is 0 Å². The summed E-state index contributed by atoms with van der Waals surface area (Å²) in [5, 5.41) is 0. The smallest absolute Gasteiger partial charge is 0.306 e. The molecule has 0 amide bonds. The lowest BCUT2D eigenvalue weighted by Gasteiger charge is -2.05. The molecule has 0 rings (SSSR count). The monoisotopic (exact) mass is 316 g/mol. The van der Waals surface area contributed by atoms with Crippen molar-refractivity contribution in [3.05, 3.63) is 0 Å².